The number of hydrogen-bond donors (Lipinski definition) is 0. The predicted octanol–water partition coefficient (Wildman–Crippen LogP) is 19.8. The van der Waals surface area contributed by atoms with Crippen LogP contribution in [0.3, 0.4) is 0 Å². The van der Waals surface area contributed by atoms with E-state index in [1.165, 1.54) is 12.1 Å². The Morgan fingerprint density at radius 3 is 1.25 bits per heavy atom. The molecule has 0 saturated carbocycles. The minimum atomic E-state index is -4.71. The molecule has 0 amide bonds. The molecule has 0 spiro atoms. The monoisotopic (exact) mass is 1260 g/mol. The molecule has 4 heterocycles. The largest absolute Gasteiger partial charge is 0.418 e. The highest BCUT2D eigenvalue weighted by molar-refractivity contribution is 8.00. The second-order valence-electron chi connectivity index (χ2n) is 24.7. The molecule has 454 valence electrons. The molecule has 0 atom stereocenters. The van der Waals surface area contributed by atoms with Gasteiger partial charge < -0.3 is 24.5 Å². The van der Waals surface area contributed by atoms with E-state index in [1.54, 1.807) is 23.9 Å². The summed E-state index contributed by atoms with van der Waals surface area (Å²) in [6.07, 6.45) is -4.71. The fraction of sp³-hybridized carbons (Fsp3) is 0.0118. The molecule has 0 bridgehead atoms. The van der Waals surface area contributed by atoms with Gasteiger partial charge in [0.1, 0.15) is 0 Å². The zero-order valence-electron chi connectivity index (χ0n) is 51.8. The zero-order valence-corrected chi connectivity index (χ0v) is 52.6. The summed E-state index contributed by atoms with van der Waals surface area (Å²) in [7, 11) is 0. The van der Waals surface area contributed by atoms with Crippen LogP contribution in [0.4, 0.5) is 98.5 Å². The van der Waals surface area contributed by atoms with Crippen LogP contribution in [-0.2, 0) is 6.18 Å². The lowest BCUT2D eigenvalue weighted by atomic mass is 9.31. The van der Waals surface area contributed by atoms with Gasteiger partial charge in [0.2, 0.25) is 6.71 Å². The number of anilines is 15. The van der Waals surface area contributed by atoms with Crippen molar-refractivity contribution in [3.8, 4) is 22.3 Å². The number of hydrogen-bond acceptors (Lipinski definition) is 6. The van der Waals surface area contributed by atoms with Crippen molar-refractivity contribution in [1.29, 1.82) is 0 Å². The van der Waals surface area contributed by atoms with Crippen LogP contribution in [0.2, 0.25) is 0 Å². The Morgan fingerprint density at radius 1 is 0.260 bits per heavy atom. The SMILES string of the molecule is FC(F)(F)c1ccccc1N1c2cc3c(cc2B2c4ccccc4N(c4ccccc4)c4cc(N(c5ccccc5)c5ccccc5)cc1c42)B1c2ccccc2N(c2ccccc2)c2cc(N(c4ccc(-c5ccccc5)cc4)c4cccc(-c5ccccc5)c4)cc(c21)S3. The maximum absolute atomic E-state index is 16.3. The van der Waals surface area contributed by atoms with E-state index in [1.807, 2.05) is 71.6 Å². The van der Waals surface area contributed by atoms with E-state index in [4.69, 9.17) is 0 Å². The molecule has 14 aromatic carbocycles. The van der Waals surface area contributed by atoms with Crippen LogP contribution in [0.1, 0.15) is 5.56 Å². The van der Waals surface area contributed by atoms with Crippen molar-refractivity contribution >= 4 is 143 Å². The second-order valence-corrected chi connectivity index (χ2v) is 25.8. The van der Waals surface area contributed by atoms with Crippen LogP contribution < -0.4 is 57.3 Å². The quantitative estimate of drug-likeness (QED) is 0.119. The van der Waals surface area contributed by atoms with E-state index >= 15 is 13.2 Å². The molecule has 0 saturated heterocycles. The van der Waals surface area contributed by atoms with Crippen molar-refractivity contribution in [2.45, 2.75) is 16.0 Å². The minimum absolute atomic E-state index is 0.0408. The van der Waals surface area contributed by atoms with Gasteiger partial charge in [-0.15, -0.1) is 0 Å². The number of alkyl halides is 3. The van der Waals surface area contributed by atoms with E-state index < -0.39 is 18.5 Å². The third kappa shape index (κ3) is 9.51. The van der Waals surface area contributed by atoms with Gasteiger partial charge in [-0.25, -0.2) is 0 Å². The second kappa shape index (κ2) is 23.1. The van der Waals surface area contributed by atoms with Gasteiger partial charge in [-0.05, 0) is 177 Å². The molecule has 5 nitrogen and oxygen atoms in total. The Hall–Kier alpha value is -11.7. The highest BCUT2D eigenvalue weighted by atomic mass is 32.2. The van der Waals surface area contributed by atoms with Crippen molar-refractivity contribution in [1.82, 2.24) is 0 Å². The van der Waals surface area contributed by atoms with Gasteiger partial charge in [0.25, 0.3) is 6.71 Å². The summed E-state index contributed by atoms with van der Waals surface area (Å²) in [5.41, 5.74) is 22.8. The average Bonchev–Trinajstić information content (AvgIpc) is 0.690. The zero-order chi connectivity index (χ0) is 64.0. The van der Waals surface area contributed by atoms with Crippen LogP contribution in [0, 0.1) is 0 Å². The molecule has 18 rings (SSSR count). The molecule has 0 N–H and O–H groups in total. The van der Waals surface area contributed by atoms with Gasteiger partial charge in [-0.3, -0.25) is 0 Å². The molecule has 0 unspecified atom stereocenters. The molecule has 4 aliphatic heterocycles. The normalized spacial score (nSPS) is 13.0. The molecule has 96 heavy (non-hydrogen) atoms. The first-order valence-electron chi connectivity index (χ1n) is 32.4. The third-order valence-electron chi connectivity index (χ3n) is 19.2. The number of nitrogens with zero attached hydrogens (tertiary/aromatic N) is 5. The molecule has 11 heteroatoms. The Bertz CT molecular complexity index is 5260. The molecular weight excluding hydrogens is 1200 g/mol. The highest BCUT2D eigenvalue weighted by Gasteiger charge is 2.49. The van der Waals surface area contributed by atoms with Gasteiger partial charge in [0.15, 0.2) is 0 Å². The Labute approximate surface area is 561 Å². The van der Waals surface area contributed by atoms with Gasteiger partial charge in [0, 0.05) is 83.7 Å². The average molecular weight is 1260 g/mol. The van der Waals surface area contributed by atoms with E-state index in [-0.39, 0.29) is 12.4 Å². The third-order valence-corrected chi connectivity index (χ3v) is 20.3. The lowest BCUT2D eigenvalue weighted by Crippen LogP contribution is -2.64. The molecule has 4 aliphatic rings. The summed E-state index contributed by atoms with van der Waals surface area (Å²) < 4.78 is 48.9. The molecule has 0 aromatic heterocycles. The van der Waals surface area contributed by atoms with Gasteiger partial charge in [0.05, 0.1) is 16.9 Å². The van der Waals surface area contributed by atoms with E-state index in [0.717, 1.165) is 133 Å². The van der Waals surface area contributed by atoms with Crippen molar-refractivity contribution in [3.05, 3.63) is 345 Å². The van der Waals surface area contributed by atoms with Crippen molar-refractivity contribution in [2.24, 2.45) is 0 Å². The van der Waals surface area contributed by atoms with E-state index in [9.17, 15) is 0 Å². The molecule has 14 aromatic rings. The summed E-state index contributed by atoms with van der Waals surface area (Å²) in [6, 6.07) is 117. The summed E-state index contributed by atoms with van der Waals surface area (Å²) >= 11 is 1.70. The number of rotatable bonds is 11. The van der Waals surface area contributed by atoms with Crippen LogP contribution >= 0.6 is 11.8 Å². The number of halogens is 3. The first-order chi connectivity index (χ1) is 47.3. The van der Waals surface area contributed by atoms with E-state index in [2.05, 4.69) is 268 Å². The summed E-state index contributed by atoms with van der Waals surface area (Å²) in [5, 5.41) is 0. The first kappa shape index (κ1) is 57.0. The maximum atomic E-state index is 16.3. The minimum Gasteiger partial charge on any atom is -0.311 e. The lowest BCUT2D eigenvalue weighted by molar-refractivity contribution is -0.137. The van der Waals surface area contributed by atoms with Gasteiger partial charge in [-0.1, -0.05) is 230 Å². The fourth-order valence-electron chi connectivity index (χ4n) is 15.2. The molecule has 0 fully saturated rings. The van der Waals surface area contributed by atoms with Crippen LogP contribution in [-0.4, -0.2) is 13.4 Å². The number of para-hydroxylation sites is 7. The summed E-state index contributed by atoms with van der Waals surface area (Å²) in [6.45, 7) is -0.705. The number of benzene rings is 14. The standard InChI is InChI=1S/C85H56B2F3N5S/c88-85(89,90)69-40-19-22-43-74(69)95-77-56-81-73(55-72(77)86-70-41-20-23-44-75(70)93(63-35-15-5-16-36-63)78-51-67(52-79(95)83(78)86)91(61-31-11-3-12-32-61)62-33-13-4-14-34-62)87-71-42-21-24-45-76(71)94(64-37-17-6-18-38-64)80-53-68(54-82(96-81)84(80)87)92(65-48-46-59(47-49-65)57-26-7-1-8-27-57)66-39-25-30-60(50-66)58-28-9-2-10-29-58/h1-56H. The smallest absolute Gasteiger partial charge is 0.311 e. The molecular formula is C85H56B2F3N5S. The Morgan fingerprint density at radius 2 is 0.677 bits per heavy atom. The van der Waals surface area contributed by atoms with Crippen molar-refractivity contribution < 1.29 is 13.2 Å². The molecule has 0 aliphatic carbocycles. The summed E-state index contributed by atoms with van der Waals surface area (Å²) in [4.78, 5) is 13.3. The fourth-order valence-corrected chi connectivity index (χ4v) is 16.4. The van der Waals surface area contributed by atoms with Gasteiger partial charge >= 0.3 is 6.18 Å². The van der Waals surface area contributed by atoms with Crippen LogP contribution in [0.5, 0.6) is 0 Å². The maximum Gasteiger partial charge on any atom is 0.418 e. The topological polar surface area (TPSA) is 16.2 Å². The Kier molecular flexibility index (Phi) is 13.7. The van der Waals surface area contributed by atoms with Crippen molar-refractivity contribution in [3.63, 3.8) is 0 Å². The van der Waals surface area contributed by atoms with Crippen LogP contribution in [0.25, 0.3) is 22.3 Å². The van der Waals surface area contributed by atoms with E-state index in [0.29, 0.717) is 11.4 Å². The van der Waals surface area contributed by atoms with Gasteiger partial charge in [-0.2, -0.15) is 13.2 Å². The molecule has 0 radical (unpaired) electrons. The lowest BCUT2D eigenvalue weighted by Gasteiger charge is -2.46. The van der Waals surface area contributed by atoms with Crippen molar-refractivity contribution in [2.75, 3.05) is 24.5 Å². The highest BCUT2D eigenvalue weighted by Crippen LogP contribution is 2.53. The summed E-state index contributed by atoms with van der Waals surface area (Å²) in [5.74, 6) is 0. The first-order valence-corrected chi connectivity index (χ1v) is 33.2. The van der Waals surface area contributed by atoms with Crippen LogP contribution in [0.15, 0.2) is 350 Å². The Balaban J connectivity index is 0.913. The number of fused-ring (bicyclic) bond motifs is 8. The predicted molar refractivity (Wildman–Crippen MR) is 396 cm³/mol.